The molecule has 0 radical (unpaired) electrons. The van der Waals surface area contributed by atoms with E-state index in [0.29, 0.717) is 17.5 Å². The zero-order valence-corrected chi connectivity index (χ0v) is 27.4. The van der Waals surface area contributed by atoms with Gasteiger partial charge in [0.15, 0.2) is 11.5 Å². The molecular formula is C35H50N2O7. The fraction of sp³-hybridized carbons (Fsp3) is 0.771. The molecule has 0 aromatic heterocycles. The van der Waals surface area contributed by atoms with Gasteiger partial charge in [-0.3, -0.25) is 4.90 Å². The summed E-state index contributed by atoms with van der Waals surface area (Å²) in [5.74, 6) is 0.130. The normalized spacial score (nSPS) is 37.2. The first kappa shape index (κ1) is 30.3. The monoisotopic (exact) mass is 610 g/mol. The van der Waals surface area contributed by atoms with Crippen LogP contribution in [0, 0.1) is 28.6 Å². The van der Waals surface area contributed by atoms with Gasteiger partial charge in [0.25, 0.3) is 0 Å². The number of likely N-dealkylation sites (tertiary alicyclic amines) is 1. The maximum Gasteiger partial charge on any atom is 0.413 e. The third-order valence-corrected chi connectivity index (χ3v) is 13.3. The van der Waals surface area contributed by atoms with E-state index in [1.165, 1.54) is 18.4 Å². The standard InChI is InChI=1S/C35H50N2O7/c1-19(2)26(28(38)39)36-30(40)43-22-11-10-21-16-24-33-12-13-35(42-7,23(17-33)32(6,41)31(3,4)5)29-34(33,25(21)27(22)44-29)14-15-37(24)18-20-8-9-20/h10-11,19-20,23-24,26,29,41H,8-9,12-18H2,1-7H3,(H,36,40)(H,38,39)/t23-,24-,26-,29?,32-,33-,34+,35+/m1/s1. The fourth-order valence-electron chi connectivity index (χ4n) is 10.4. The molecule has 3 N–H and O–H groups in total. The van der Waals surface area contributed by atoms with Gasteiger partial charge in [-0.2, -0.15) is 0 Å². The Morgan fingerprint density at radius 3 is 2.50 bits per heavy atom. The molecule has 44 heavy (non-hydrogen) atoms. The molecular weight excluding hydrogens is 560 g/mol. The van der Waals surface area contributed by atoms with Crippen molar-refractivity contribution in [2.75, 3.05) is 20.2 Å². The van der Waals surface area contributed by atoms with Gasteiger partial charge >= 0.3 is 12.1 Å². The number of amides is 1. The lowest BCUT2D eigenvalue weighted by Gasteiger charge is -2.75. The minimum Gasteiger partial charge on any atom is -0.482 e. The summed E-state index contributed by atoms with van der Waals surface area (Å²) < 4.78 is 19.7. The largest absolute Gasteiger partial charge is 0.482 e. The van der Waals surface area contributed by atoms with E-state index in [2.05, 4.69) is 37.1 Å². The SMILES string of the molecule is CO[C@@]12CC[C@@]3(C[C@@H]1[C@@](C)(O)C(C)(C)C)[C@H]1Cc4ccc(OC(=O)N[C@@H](C(=O)O)C(C)C)c5c4[C@@]3(CCN1CC1CC1)C2O5. The second kappa shape index (κ2) is 9.58. The molecule has 9 nitrogen and oxygen atoms in total. The molecule has 7 aliphatic rings. The van der Waals surface area contributed by atoms with E-state index < -0.39 is 29.3 Å². The Hall–Kier alpha value is -2.36. The summed E-state index contributed by atoms with van der Waals surface area (Å²) in [5.41, 5.74) is -0.164. The van der Waals surface area contributed by atoms with Gasteiger partial charge in [0, 0.05) is 42.0 Å². The molecule has 1 saturated heterocycles. The van der Waals surface area contributed by atoms with Crippen molar-refractivity contribution >= 4 is 12.1 Å². The van der Waals surface area contributed by atoms with Gasteiger partial charge in [0.05, 0.1) is 5.60 Å². The van der Waals surface area contributed by atoms with Crippen LogP contribution in [0.25, 0.3) is 0 Å². The van der Waals surface area contributed by atoms with E-state index in [1.54, 1.807) is 21.0 Å². The van der Waals surface area contributed by atoms with Gasteiger partial charge in [0.1, 0.15) is 17.7 Å². The van der Waals surface area contributed by atoms with Crippen molar-refractivity contribution < 1.29 is 34.0 Å². The second-order valence-corrected chi connectivity index (χ2v) is 16.4. The van der Waals surface area contributed by atoms with Crippen LogP contribution in [0.3, 0.4) is 0 Å². The van der Waals surface area contributed by atoms with Gasteiger partial charge < -0.3 is 29.7 Å². The van der Waals surface area contributed by atoms with Gasteiger partial charge in [-0.15, -0.1) is 0 Å². The summed E-state index contributed by atoms with van der Waals surface area (Å²) >= 11 is 0. The molecule has 8 rings (SSSR count). The van der Waals surface area contributed by atoms with Crippen molar-refractivity contribution in [1.29, 1.82) is 0 Å². The zero-order chi connectivity index (χ0) is 31.6. The van der Waals surface area contributed by atoms with Crippen LogP contribution in [-0.4, -0.2) is 76.8 Å². The number of aliphatic carboxylic acids is 1. The highest BCUT2D eigenvalue weighted by Gasteiger charge is 2.82. The van der Waals surface area contributed by atoms with Crippen LogP contribution in [0.1, 0.15) is 91.2 Å². The summed E-state index contributed by atoms with van der Waals surface area (Å²) in [6.45, 7) is 13.9. The topological polar surface area (TPSA) is 118 Å². The fourth-order valence-corrected chi connectivity index (χ4v) is 10.4. The van der Waals surface area contributed by atoms with Crippen LogP contribution in [0.15, 0.2) is 12.1 Å². The number of piperidine rings is 1. The number of aliphatic hydroxyl groups is 1. The van der Waals surface area contributed by atoms with Crippen molar-refractivity contribution in [3.63, 3.8) is 0 Å². The Balaban J connectivity index is 1.36. The number of carbonyl (C=O) groups is 2. The number of carboxylic acids is 1. The average Bonchev–Trinajstić information content (AvgIpc) is 3.69. The number of carbonyl (C=O) groups excluding carboxylic acids is 1. The summed E-state index contributed by atoms with van der Waals surface area (Å²) in [5, 5.41) is 24.6. The summed E-state index contributed by atoms with van der Waals surface area (Å²) in [6.07, 6.45) is 5.97. The summed E-state index contributed by atoms with van der Waals surface area (Å²) in [4.78, 5) is 27.7. The lowest BCUT2D eigenvalue weighted by atomic mass is 9.33. The van der Waals surface area contributed by atoms with Crippen LogP contribution in [0.4, 0.5) is 4.79 Å². The Kier molecular flexibility index (Phi) is 6.60. The number of fused-ring (bicyclic) bond motifs is 2. The van der Waals surface area contributed by atoms with E-state index in [4.69, 9.17) is 14.2 Å². The van der Waals surface area contributed by atoms with Crippen LogP contribution in [-0.2, 0) is 21.4 Å². The third-order valence-electron chi connectivity index (χ3n) is 13.3. The molecule has 8 atom stereocenters. The van der Waals surface area contributed by atoms with E-state index in [1.807, 2.05) is 13.0 Å². The van der Waals surface area contributed by atoms with E-state index in [0.717, 1.165) is 56.7 Å². The minimum atomic E-state index is -1.10. The van der Waals surface area contributed by atoms with Gasteiger partial charge in [-0.05, 0) is 87.3 Å². The maximum atomic E-state index is 13.1. The van der Waals surface area contributed by atoms with Crippen molar-refractivity contribution in [3.8, 4) is 11.5 Å². The number of rotatable bonds is 8. The predicted octanol–water partition coefficient (Wildman–Crippen LogP) is 4.91. The highest BCUT2D eigenvalue weighted by Crippen LogP contribution is 2.78. The lowest BCUT2D eigenvalue weighted by molar-refractivity contribution is -0.312. The number of ether oxygens (including phenoxy) is 3. The number of nitrogens with one attached hydrogen (secondary N) is 1. The second-order valence-electron chi connectivity index (χ2n) is 16.4. The molecule has 4 bridgehead atoms. The predicted molar refractivity (Wildman–Crippen MR) is 164 cm³/mol. The average molecular weight is 611 g/mol. The van der Waals surface area contributed by atoms with Crippen molar-refractivity contribution in [3.05, 3.63) is 23.3 Å². The number of benzene rings is 1. The molecule has 242 valence electrons. The number of methoxy groups -OCH3 is 1. The quantitative estimate of drug-likeness (QED) is 0.380. The highest BCUT2D eigenvalue weighted by atomic mass is 16.6. The molecule has 5 aliphatic carbocycles. The summed E-state index contributed by atoms with van der Waals surface area (Å²) in [6, 6.07) is 3.18. The van der Waals surface area contributed by atoms with Crippen LogP contribution in [0.5, 0.6) is 11.5 Å². The third kappa shape index (κ3) is 3.81. The number of hydrogen-bond acceptors (Lipinski definition) is 7. The van der Waals surface area contributed by atoms with Crippen LogP contribution < -0.4 is 14.8 Å². The first-order valence-electron chi connectivity index (χ1n) is 16.7. The molecule has 4 saturated carbocycles. The molecule has 9 heteroatoms. The Morgan fingerprint density at radius 2 is 1.89 bits per heavy atom. The molecule has 5 fully saturated rings. The molecule has 2 aliphatic heterocycles. The van der Waals surface area contributed by atoms with Crippen molar-refractivity contribution in [2.45, 2.75) is 121 Å². The molecule has 2 spiro atoms. The zero-order valence-electron chi connectivity index (χ0n) is 27.4. The van der Waals surface area contributed by atoms with E-state index in [-0.39, 0.29) is 34.2 Å². The molecule has 1 aromatic rings. The lowest BCUT2D eigenvalue weighted by Crippen LogP contribution is -2.83. The Morgan fingerprint density at radius 1 is 1.16 bits per heavy atom. The molecule has 1 amide bonds. The van der Waals surface area contributed by atoms with Gasteiger partial charge in [0.2, 0.25) is 0 Å². The first-order valence-corrected chi connectivity index (χ1v) is 16.7. The van der Waals surface area contributed by atoms with Gasteiger partial charge in [-0.25, -0.2) is 9.59 Å². The van der Waals surface area contributed by atoms with Crippen molar-refractivity contribution in [2.24, 2.45) is 28.6 Å². The van der Waals surface area contributed by atoms with Gasteiger partial charge in [-0.1, -0.05) is 40.7 Å². The Labute approximate surface area is 261 Å². The first-order chi connectivity index (χ1) is 20.6. The molecule has 1 aromatic carbocycles. The summed E-state index contributed by atoms with van der Waals surface area (Å²) in [7, 11) is 1.78. The molecule has 1 unspecified atom stereocenters. The smallest absolute Gasteiger partial charge is 0.413 e. The van der Waals surface area contributed by atoms with E-state index in [9.17, 15) is 19.8 Å². The highest BCUT2D eigenvalue weighted by molar-refractivity contribution is 5.81. The molecule has 2 heterocycles. The number of carboxylic acid groups (broad SMARTS) is 1. The number of hydrogen-bond donors (Lipinski definition) is 3. The van der Waals surface area contributed by atoms with Crippen LogP contribution >= 0.6 is 0 Å². The number of nitrogens with zero attached hydrogens (tertiary/aromatic N) is 1. The Bertz CT molecular complexity index is 1380. The minimum absolute atomic E-state index is 0.115. The van der Waals surface area contributed by atoms with Crippen LogP contribution in [0.2, 0.25) is 0 Å². The van der Waals surface area contributed by atoms with Crippen molar-refractivity contribution in [1.82, 2.24) is 10.2 Å². The maximum absolute atomic E-state index is 13.1. The van der Waals surface area contributed by atoms with E-state index >= 15 is 0 Å².